The number of aliphatic hydroxyl groups is 2. The maximum atomic E-state index is 10.2. The first-order valence-corrected chi connectivity index (χ1v) is 15.1. The zero-order valence-corrected chi connectivity index (χ0v) is 22.4. The molecule has 2 atom stereocenters. The van der Waals surface area contributed by atoms with Crippen molar-refractivity contribution in [2.45, 2.75) is 193 Å². The highest BCUT2D eigenvalue weighted by Gasteiger charge is 2.15. The molecule has 0 radical (unpaired) electrons. The van der Waals surface area contributed by atoms with Gasteiger partial charge >= 0.3 is 0 Å². The molecule has 0 saturated heterocycles. The van der Waals surface area contributed by atoms with Crippen LogP contribution in [0.3, 0.4) is 0 Å². The van der Waals surface area contributed by atoms with Crippen LogP contribution in [0.1, 0.15) is 181 Å². The third-order valence-electron chi connectivity index (χ3n) is 7.15. The van der Waals surface area contributed by atoms with Gasteiger partial charge in [0.05, 0.1) is 12.2 Å². The number of hydrogen-bond donors (Lipinski definition) is 2. The molecule has 0 aromatic carbocycles. The normalized spacial score (nSPS) is 13.5. The molecule has 0 aromatic heterocycles. The summed E-state index contributed by atoms with van der Waals surface area (Å²) in [6, 6.07) is 0. The van der Waals surface area contributed by atoms with Gasteiger partial charge in [0.1, 0.15) is 0 Å². The molecule has 0 aliphatic rings. The van der Waals surface area contributed by atoms with E-state index in [9.17, 15) is 10.2 Å². The lowest BCUT2D eigenvalue weighted by Gasteiger charge is -2.17. The molecule has 0 amide bonds. The van der Waals surface area contributed by atoms with Crippen molar-refractivity contribution in [2.75, 3.05) is 0 Å². The highest BCUT2D eigenvalue weighted by Crippen LogP contribution is 2.17. The zero-order chi connectivity index (χ0) is 23.5. The van der Waals surface area contributed by atoms with Crippen molar-refractivity contribution in [3.05, 3.63) is 0 Å². The van der Waals surface area contributed by atoms with Crippen LogP contribution in [0.4, 0.5) is 0 Å². The van der Waals surface area contributed by atoms with Crippen molar-refractivity contribution >= 4 is 0 Å². The van der Waals surface area contributed by atoms with Gasteiger partial charge in [0, 0.05) is 0 Å². The fraction of sp³-hybridized carbons (Fsp3) is 1.00. The van der Waals surface area contributed by atoms with Gasteiger partial charge in [0.25, 0.3) is 0 Å². The van der Waals surface area contributed by atoms with Crippen molar-refractivity contribution in [3.8, 4) is 0 Å². The standard InChI is InChI=1S/C30H62O2/c1-3-5-7-9-11-12-13-14-15-16-17-18-19-20-22-24-26-28-30(32)29(31)27-25-23-21-10-8-6-4-2/h29-32H,3-28H2,1-2H3/t29-,30+/m1/s1. The van der Waals surface area contributed by atoms with Crippen molar-refractivity contribution in [1.82, 2.24) is 0 Å². The van der Waals surface area contributed by atoms with E-state index in [1.165, 1.54) is 141 Å². The van der Waals surface area contributed by atoms with Crippen LogP contribution in [-0.4, -0.2) is 22.4 Å². The van der Waals surface area contributed by atoms with E-state index >= 15 is 0 Å². The summed E-state index contributed by atoms with van der Waals surface area (Å²) in [7, 11) is 0. The molecule has 0 rings (SSSR count). The lowest BCUT2D eigenvalue weighted by Crippen LogP contribution is -2.25. The lowest BCUT2D eigenvalue weighted by molar-refractivity contribution is 0.00711. The Labute approximate surface area is 203 Å². The van der Waals surface area contributed by atoms with Crippen LogP contribution in [0.25, 0.3) is 0 Å². The second kappa shape index (κ2) is 27.2. The first kappa shape index (κ1) is 31.9. The number of aliphatic hydroxyl groups excluding tert-OH is 2. The molecule has 0 heterocycles. The third-order valence-corrected chi connectivity index (χ3v) is 7.15. The maximum Gasteiger partial charge on any atom is 0.0799 e. The molecule has 0 saturated carbocycles. The Balaban J connectivity index is 3.24. The molecule has 0 bridgehead atoms. The third kappa shape index (κ3) is 24.6. The van der Waals surface area contributed by atoms with Gasteiger partial charge < -0.3 is 10.2 Å². The first-order chi connectivity index (χ1) is 15.7. The Morgan fingerprint density at radius 1 is 0.312 bits per heavy atom. The molecule has 0 unspecified atom stereocenters. The SMILES string of the molecule is CCCCCCCCCCCCCCCCCCC[C@H](O)[C@H](O)CCCCCCCCC. The second-order valence-corrected chi connectivity index (χ2v) is 10.5. The lowest BCUT2D eigenvalue weighted by atomic mass is 9.99. The predicted molar refractivity (Wildman–Crippen MR) is 143 cm³/mol. The highest BCUT2D eigenvalue weighted by molar-refractivity contribution is 4.67. The maximum absolute atomic E-state index is 10.2. The van der Waals surface area contributed by atoms with Crippen molar-refractivity contribution in [2.24, 2.45) is 0 Å². The van der Waals surface area contributed by atoms with E-state index in [0.29, 0.717) is 0 Å². The summed E-state index contributed by atoms with van der Waals surface area (Å²) in [6.45, 7) is 4.54. The van der Waals surface area contributed by atoms with Crippen LogP contribution in [0.5, 0.6) is 0 Å². The van der Waals surface area contributed by atoms with Gasteiger partial charge in [0.15, 0.2) is 0 Å². The van der Waals surface area contributed by atoms with E-state index in [0.717, 1.165) is 25.7 Å². The van der Waals surface area contributed by atoms with Gasteiger partial charge in [-0.05, 0) is 12.8 Å². The molecule has 0 aromatic rings. The Hall–Kier alpha value is -0.0800. The minimum absolute atomic E-state index is 0.508. The molecule has 194 valence electrons. The van der Waals surface area contributed by atoms with Gasteiger partial charge in [-0.3, -0.25) is 0 Å². The molecular weight excluding hydrogens is 392 g/mol. The summed E-state index contributed by atoms with van der Waals surface area (Å²) in [6.07, 6.45) is 32.8. The van der Waals surface area contributed by atoms with Crippen LogP contribution < -0.4 is 0 Å². The Kier molecular flexibility index (Phi) is 27.1. The van der Waals surface area contributed by atoms with Gasteiger partial charge in [-0.15, -0.1) is 0 Å². The summed E-state index contributed by atoms with van der Waals surface area (Å²) in [4.78, 5) is 0. The van der Waals surface area contributed by atoms with Gasteiger partial charge in [-0.1, -0.05) is 168 Å². The van der Waals surface area contributed by atoms with E-state index < -0.39 is 12.2 Å². The van der Waals surface area contributed by atoms with Crippen molar-refractivity contribution in [1.29, 1.82) is 0 Å². The van der Waals surface area contributed by atoms with Gasteiger partial charge in [-0.2, -0.15) is 0 Å². The molecule has 2 N–H and O–H groups in total. The van der Waals surface area contributed by atoms with E-state index in [1.54, 1.807) is 0 Å². The molecule has 2 nitrogen and oxygen atoms in total. The quantitative estimate of drug-likeness (QED) is 0.121. The van der Waals surface area contributed by atoms with Crippen LogP contribution in [0.15, 0.2) is 0 Å². The van der Waals surface area contributed by atoms with E-state index in [1.807, 2.05) is 0 Å². The molecule has 0 fully saturated rings. The van der Waals surface area contributed by atoms with E-state index in [4.69, 9.17) is 0 Å². The largest absolute Gasteiger partial charge is 0.390 e. The van der Waals surface area contributed by atoms with E-state index in [2.05, 4.69) is 13.8 Å². The summed E-state index contributed by atoms with van der Waals surface area (Å²) >= 11 is 0. The van der Waals surface area contributed by atoms with Crippen molar-refractivity contribution < 1.29 is 10.2 Å². The molecule has 2 heteroatoms. The van der Waals surface area contributed by atoms with Crippen molar-refractivity contribution in [3.63, 3.8) is 0 Å². The Bertz CT molecular complexity index is 331. The molecular formula is C30H62O2. The van der Waals surface area contributed by atoms with Crippen LogP contribution in [0, 0.1) is 0 Å². The van der Waals surface area contributed by atoms with Gasteiger partial charge in [0.2, 0.25) is 0 Å². The predicted octanol–water partition coefficient (Wildman–Crippen LogP) is 9.89. The fourth-order valence-corrected chi connectivity index (χ4v) is 4.77. The number of unbranched alkanes of at least 4 members (excludes halogenated alkanes) is 22. The monoisotopic (exact) mass is 454 g/mol. The molecule has 0 aliphatic heterocycles. The topological polar surface area (TPSA) is 40.5 Å². The second-order valence-electron chi connectivity index (χ2n) is 10.5. The summed E-state index contributed by atoms with van der Waals surface area (Å²) in [5.74, 6) is 0. The number of rotatable bonds is 27. The highest BCUT2D eigenvalue weighted by atomic mass is 16.3. The summed E-state index contributed by atoms with van der Waals surface area (Å²) < 4.78 is 0. The Morgan fingerprint density at radius 2 is 0.500 bits per heavy atom. The molecule has 0 aliphatic carbocycles. The first-order valence-electron chi connectivity index (χ1n) is 15.1. The van der Waals surface area contributed by atoms with Crippen LogP contribution >= 0.6 is 0 Å². The molecule has 32 heavy (non-hydrogen) atoms. The fourth-order valence-electron chi connectivity index (χ4n) is 4.77. The Morgan fingerprint density at radius 3 is 0.719 bits per heavy atom. The average Bonchev–Trinajstić information content (AvgIpc) is 2.80. The minimum atomic E-state index is -0.508. The van der Waals surface area contributed by atoms with Crippen LogP contribution in [0.2, 0.25) is 0 Å². The van der Waals surface area contributed by atoms with Crippen LogP contribution in [-0.2, 0) is 0 Å². The number of hydrogen-bond acceptors (Lipinski definition) is 2. The minimum Gasteiger partial charge on any atom is -0.390 e. The molecule has 0 spiro atoms. The van der Waals surface area contributed by atoms with E-state index in [-0.39, 0.29) is 0 Å². The average molecular weight is 455 g/mol. The smallest absolute Gasteiger partial charge is 0.0799 e. The summed E-state index contributed by atoms with van der Waals surface area (Å²) in [5.41, 5.74) is 0. The summed E-state index contributed by atoms with van der Waals surface area (Å²) in [5, 5.41) is 20.3. The zero-order valence-electron chi connectivity index (χ0n) is 22.4. The van der Waals surface area contributed by atoms with Gasteiger partial charge in [-0.25, -0.2) is 0 Å².